The molecule has 3 aromatic carbocycles. The first-order chi connectivity index (χ1) is 18.8. The highest BCUT2D eigenvalue weighted by Gasteiger charge is 2.72. The highest BCUT2D eigenvalue weighted by molar-refractivity contribution is 5.89. The summed E-state index contributed by atoms with van der Waals surface area (Å²) < 4.78 is 51.6. The van der Waals surface area contributed by atoms with E-state index in [1.54, 1.807) is 36.4 Å². The summed E-state index contributed by atoms with van der Waals surface area (Å²) in [6.07, 6.45) is 0.0873. The molecule has 7 nitrogen and oxygen atoms in total. The van der Waals surface area contributed by atoms with Crippen molar-refractivity contribution in [2.75, 3.05) is 13.9 Å². The Hall–Kier alpha value is -3.98. The second kappa shape index (κ2) is 9.96. The van der Waals surface area contributed by atoms with Crippen molar-refractivity contribution < 1.29 is 37.3 Å². The molecule has 0 radical (unpaired) electrons. The summed E-state index contributed by atoms with van der Waals surface area (Å²) in [6, 6.07) is 20.8. The second-order valence-electron chi connectivity index (χ2n) is 10.1. The van der Waals surface area contributed by atoms with Gasteiger partial charge in [-0.1, -0.05) is 48.5 Å². The summed E-state index contributed by atoms with van der Waals surface area (Å²) >= 11 is 0. The van der Waals surface area contributed by atoms with Crippen molar-refractivity contribution in [3.05, 3.63) is 95.1 Å². The first-order valence-corrected chi connectivity index (χ1v) is 12.8. The average Bonchev–Trinajstić information content (AvgIpc) is 3.27. The maximum Gasteiger partial charge on any atom is 0.337 e. The first kappa shape index (κ1) is 25.3. The molecule has 2 unspecified atom stereocenters. The SMILES string of the molecule is COC(=O)c1ccc([C@H]2C[C@H](NC(=O)C3C(c4ccc5c(c4)OCO5)C3(F)F)C[C@@H](c3ccccc3)O2)cc1. The topological polar surface area (TPSA) is 83.1 Å². The molecule has 1 N–H and O–H groups in total. The van der Waals surface area contributed by atoms with E-state index < -0.39 is 41.8 Å². The van der Waals surface area contributed by atoms with Gasteiger partial charge in [-0.3, -0.25) is 4.79 Å². The molecule has 1 amide bonds. The van der Waals surface area contributed by atoms with Gasteiger partial charge in [-0.25, -0.2) is 13.6 Å². The predicted octanol–water partition coefficient (Wildman–Crippen LogP) is 5.33. The number of ether oxygens (including phenoxy) is 4. The molecule has 1 saturated carbocycles. The summed E-state index contributed by atoms with van der Waals surface area (Å²) in [5.74, 6) is -6.06. The Morgan fingerprint density at radius 2 is 1.51 bits per heavy atom. The van der Waals surface area contributed by atoms with Crippen molar-refractivity contribution in [3.8, 4) is 11.5 Å². The van der Waals surface area contributed by atoms with E-state index in [2.05, 4.69) is 5.32 Å². The molecular formula is C30H27F2NO6. The second-order valence-corrected chi connectivity index (χ2v) is 10.1. The van der Waals surface area contributed by atoms with Crippen LogP contribution in [0.15, 0.2) is 72.8 Å². The number of alkyl halides is 2. The van der Waals surface area contributed by atoms with Crippen LogP contribution < -0.4 is 14.8 Å². The number of fused-ring (bicyclic) bond motifs is 1. The average molecular weight is 536 g/mol. The number of rotatable bonds is 6. The van der Waals surface area contributed by atoms with Crippen LogP contribution in [0, 0.1) is 5.92 Å². The lowest BCUT2D eigenvalue weighted by molar-refractivity contribution is -0.127. The predicted molar refractivity (Wildman–Crippen MR) is 136 cm³/mol. The molecule has 9 heteroatoms. The number of methoxy groups -OCH3 is 1. The Labute approximate surface area is 224 Å². The molecule has 3 aliphatic rings. The van der Waals surface area contributed by atoms with Gasteiger partial charge in [0.15, 0.2) is 11.5 Å². The fourth-order valence-electron chi connectivity index (χ4n) is 5.55. The molecule has 6 rings (SSSR count). The van der Waals surface area contributed by atoms with Crippen molar-refractivity contribution in [1.29, 1.82) is 0 Å². The zero-order valence-corrected chi connectivity index (χ0v) is 21.1. The number of nitrogens with one attached hydrogen (secondary N) is 1. The van der Waals surface area contributed by atoms with Gasteiger partial charge in [0.2, 0.25) is 12.7 Å². The molecular weight excluding hydrogens is 508 g/mol. The van der Waals surface area contributed by atoms with Crippen molar-refractivity contribution in [1.82, 2.24) is 5.32 Å². The molecule has 1 saturated heterocycles. The number of amides is 1. The number of esters is 1. The fraction of sp³-hybridized carbons (Fsp3) is 0.333. The molecule has 0 spiro atoms. The van der Waals surface area contributed by atoms with Crippen LogP contribution in [0.1, 0.15) is 58.0 Å². The molecule has 3 aromatic rings. The van der Waals surface area contributed by atoms with E-state index in [1.165, 1.54) is 13.2 Å². The third-order valence-corrected chi connectivity index (χ3v) is 7.64. The lowest BCUT2D eigenvalue weighted by Gasteiger charge is -2.36. The number of halogens is 2. The van der Waals surface area contributed by atoms with Gasteiger partial charge in [0, 0.05) is 6.04 Å². The zero-order chi connectivity index (χ0) is 27.1. The molecule has 2 fully saturated rings. The number of hydrogen-bond donors (Lipinski definition) is 1. The van der Waals surface area contributed by atoms with Crippen molar-refractivity contribution in [2.45, 2.75) is 42.9 Å². The molecule has 2 heterocycles. The summed E-state index contributed by atoms with van der Waals surface area (Å²) in [5, 5.41) is 2.90. The van der Waals surface area contributed by atoms with Gasteiger partial charge in [0.25, 0.3) is 5.92 Å². The maximum atomic E-state index is 14.9. The third-order valence-electron chi connectivity index (χ3n) is 7.64. The van der Waals surface area contributed by atoms with Crippen LogP contribution in [0.5, 0.6) is 11.5 Å². The van der Waals surface area contributed by atoms with Gasteiger partial charge in [-0.15, -0.1) is 0 Å². The Morgan fingerprint density at radius 3 is 2.21 bits per heavy atom. The van der Waals surface area contributed by atoms with Crippen LogP contribution in [0.4, 0.5) is 8.78 Å². The van der Waals surface area contributed by atoms with Crippen LogP contribution >= 0.6 is 0 Å². The third kappa shape index (κ3) is 4.83. The molecule has 0 aromatic heterocycles. The van der Waals surface area contributed by atoms with Crippen LogP contribution in [-0.2, 0) is 14.3 Å². The maximum absolute atomic E-state index is 14.9. The van der Waals surface area contributed by atoms with Crippen molar-refractivity contribution in [3.63, 3.8) is 0 Å². The van der Waals surface area contributed by atoms with Gasteiger partial charge in [-0.2, -0.15) is 0 Å². The zero-order valence-electron chi connectivity index (χ0n) is 21.1. The number of benzene rings is 3. The number of carbonyl (C=O) groups is 2. The molecule has 1 aliphatic carbocycles. The quantitative estimate of drug-likeness (QED) is 0.430. The Kier molecular flexibility index (Phi) is 6.46. The van der Waals surface area contributed by atoms with Crippen molar-refractivity contribution in [2.24, 2.45) is 5.92 Å². The number of carbonyl (C=O) groups excluding carboxylic acids is 2. The summed E-state index contributed by atoms with van der Waals surface area (Å²) in [7, 11) is 1.32. The highest BCUT2D eigenvalue weighted by Crippen LogP contribution is 2.62. The van der Waals surface area contributed by atoms with E-state index in [-0.39, 0.29) is 12.9 Å². The van der Waals surface area contributed by atoms with Gasteiger partial charge in [0.05, 0.1) is 30.8 Å². The van der Waals surface area contributed by atoms with Gasteiger partial charge < -0.3 is 24.3 Å². The Balaban J connectivity index is 1.20. The fourth-order valence-corrected chi connectivity index (χ4v) is 5.55. The van der Waals surface area contributed by atoms with Gasteiger partial charge in [0.1, 0.15) is 5.92 Å². The Morgan fingerprint density at radius 1 is 0.872 bits per heavy atom. The van der Waals surface area contributed by atoms with Gasteiger partial charge >= 0.3 is 5.97 Å². The van der Waals surface area contributed by atoms with E-state index in [4.69, 9.17) is 18.9 Å². The van der Waals surface area contributed by atoms with E-state index in [0.717, 1.165) is 11.1 Å². The van der Waals surface area contributed by atoms with Crippen LogP contribution in [0.25, 0.3) is 0 Å². The van der Waals surface area contributed by atoms with E-state index >= 15 is 0 Å². The van der Waals surface area contributed by atoms with Crippen molar-refractivity contribution >= 4 is 11.9 Å². The number of hydrogen-bond acceptors (Lipinski definition) is 6. The van der Waals surface area contributed by atoms with E-state index in [0.29, 0.717) is 35.5 Å². The molecule has 0 bridgehead atoms. The monoisotopic (exact) mass is 535 g/mol. The smallest absolute Gasteiger partial charge is 0.337 e. The largest absolute Gasteiger partial charge is 0.465 e. The lowest BCUT2D eigenvalue weighted by Crippen LogP contribution is -2.42. The normalized spacial score (nSPS) is 26.5. The van der Waals surface area contributed by atoms with Gasteiger partial charge in [-0.05, 0) is 53.8 Å². The molecule has 39 heavy (non-hydrogen) atoms. The summed E-state index contributed by atoms with van der Waals surface area (Å²) in [6.45, 7) is 0.0443. The lowest BCUT2D eigenvalue weighted by atomic mass is 9.90. The van der Waals surface area contributed by atoms with Crippen LogP contribution in [0.3, 0.4) is 0 Å². The minimum atomic E-state index is -3.16. The first-order valence-electron chi connectivity index (χ1n) is 12.8. The molecule has 202 valence electrons. The standard InChI is InChI=1S/C30H27F2NO6/c1-36-29(35)19-9-7-18(8-10-19)24-15-21(14-23(39-24)17-5-3-2-4-6-17)33-28(34)27-26(30(27,31)32)20-11-12-22-25(13-20)38-16-37-22/h2-13,21,23-24,26-27H,14-16H2,1H3,(H,33,34)/t21-,23+,24-,26?,27?/m1/s1. The van der Waals surface area contributed by atoms with E-state index in [1.807, 2.05) is 30.3 Å². The van der Waals surface area contributed by atoms with E-state index in [9.17, 15) is 18.4 Å². The van der Waals surface area contributed by atoms with Crippen LogP contribution in [0.2, 0.25) is 0 Å². The minimum absolute atomic E-state index is 0.0443. The highest BCUT2D eigenvalue weighted by atomic mass is 19.3. The molecule has 2 aliphatic heterocycles. The Bertz CT molecular complexity index is 1380. The summed E-state index contributed by atoms with van der Waals surface area (Å²) in [5.41, 5.74) is 2.51. The van der Waals surface area contributed by atoms with Crippen LogP contribution in [-0.4, -0.2) is 37.7 Å². The molecule has 5 atom stereocenters. The minimum Gasteiger partial charge on any atom is -0.465 e. The summed E-state index contributed by atoms with van der Waals surface area (Å²) in [4.78, 5) is 25.0.